The zero-order valence-corrected chi connectivity index (χ0v) is 19.1. The van der Waals surface area contributed by atoms with Gasteiger partial charge in [0.25, 0.3) is 0 Å². The maximum absolute atomic E-state index is 12.9. The summed E-state index contributed by atoms with van der Waals surface area (Å²) in [4.78, 5) is 20.0. The van der Waals surface area contributed by atoms with Crippen LogP contribution in [-0.4, -0.2) is 39.6 Å². The lowest BCUT2D eigenvalue weighted by atomic mass is 9.94. The molecule has 0 radical (unpaired) electrons. The molecule has 1 saturated heterocycles. The molecule has 32 heavy (non-hydrogen) atoms. The molecule has 0 N–H and O–H groups in total. The number of aromatic nitrogens is 2. The van der Waals surface area contributed by atoms with Gasteiger partial charge < -0.3 is 14.2 Å². The van der Waals surface area contributed by atoms with E-state index >= 15 is 0 Å². The summed E-state index contributed by atoms with van der Waals surface area (Å²) in [5, 5.41) is 0.633. The Morgan fingerprint density at radius 1 is 1.03 bits per heavy atom. The molecule has 1 aliphatic carbocycles. The van der Waals surface area contributed by atoms with Crippen molar-refractivity contribution in [2.45, 2.75) is 63.5 Å². The first kappa shape index (κ1) is 21.3. The fourth-order valence-electron chi connectivity index (χ4n) is 5.26. The van der Waals surface area contributed by atoms with Gasteiger partial charge in [0, 0.05) is 31.5 Å². The van der Waals surface area contributed by atoms with Crippen molar-refractivity contribution < 1.29 is 9.53 Å². The standard InChI is InChI=1S/C26H30ClN3O2/c27-21-11-4-7-14-24(21)32-16-8-15-29-23-13-6-5-12-22(23)28-26(29)19-17-25(31)30(18-19)20-9-2-1-3-10-20/h4-7,11-14,19-20H,1-3,8-10,15-18H2. The van der Waals surface area contributed by atoms with Gasteiger partial charge in [0.05, 0.1) is 22.7 Å². The van der Waals surface area contributed by atoms with E-state index in [1.807, 2.05) is 30.3 Å². The number of hydrogen-bond acceptors (Lipinski definition) is 3. The molecule has 0 spiro atoms. The summed E-state index contributed by atoms with van der Waals surface area (Å²) in [7, 11) is 0. The van der Waals surface area contributed by atoms with Crippen LogP contribution in [0.2, 0.25) is 5.02 Å². The fourth-order valence-corrected chi connectivity index (χ4v) is 5.45. The number of carbonyl (C=O) groups excluding carboxylic acids is 1. The highest BCUT2D eigenvalue weighted by atomic mass is 35.5. The van der Waals surface area contributed by atoms with E-state index in [1.165, 1.54) is 19.3 Å². The molecule has 2 heterocycles. The number of imidazole rings is 1. The average Bonchev–Trinajstić information content (AvgIpc) is 3.39. The molecule has 2 aliphatic rings. The van der Waals surface area contributed by atoms with Crippen LogP contribution < -0.4 is 4.74 Å². The zero-order chi connectivity index (χ0) is 21.9. The van der Waals surface area contributed by atoms with Crippen molar-refractivity contribution in [2.24, 2.45) is 0 Å². The molecule has 2 fully saturated rings. The van der Waals surface area contributed by atoms with Gasteiger partial charge in [-0.05, 0) is 43.5 Å². The lowest BCUT2D eigenvalue weighted by Gasteiger charge is -2.31. The van der Waals surface area contributed by atoms with Crippen LogP contribution in [0.4, 0.5) is 0 Å². The highest BCUT2D eigenvalue weighted by molar-refractivity contribution is 6.32. The number of carbonyl (C=O) groups is 1. The van der Waals surface area contributed by atoms with Crippen molar-refractivity contribution in [1.82, 2.24) is 14.5 Å². The fraction of sp³-hybridized carbons (Fsp3) is 0.462. The van der Waals surface area contributed by atoms with Crippen LogP contribution in [0.5, 0.6) is 5.75 Å². The normalized spacial score (nSPS) is 19.7. The number of para-hydroxylation sites is 3. The Morgan fingerprint density at radius 2 is 1.81 bits per heavy atom. The van der Waals surface area contributed by atoms with Gasteiger partial charge in [-0.2, -0.15) is 0 Å². The number of benzene rings is 2. The van der Waals surface area contributed by atoms with Crippen LogP contribution in [0, 0.1) is 0 Å². The van der Waals surface area contributed by atoms with E-state index in [9.17, 15) is 4.79 Å². The van der Waals surface area contributed by atoms with Gasteiger partial charge in [0.2, 0.25) is 5.91 Å². The topological polar surface area (TPSA) is 47.4 Å². The minimum Gasteiger partial charge on any atom is -0.492 e. The predicted octanol–water partition coefficient (Wildman–Crippen LogP) is 5.81. The first-order valence-electron chi connectivity index (χ1n) is 11.8. The number of nitrogens with zero attached hydrogens (tertiary/aromatic N) is 3. The lowest BCUT2D eigenvalue weighted by molar-refractivity contribution is -0.130. The Bertz CT molecular complexity index is 1090. The van der Waals surface area contributed by atoms with Crippen molar-refractivity contribution in [2.75, 3.05) is 13.2 Å². The van der Waals surface area contributed by atoms with Crippen molar-refractivity contribution in [3.63, 3.8) is 0 Å². The molecule has 1 saturated carbocycles. The van der Waals surface area contributed by atoms with Gasteiger partial charge in [-0.1, -0.05) is 55.1 Å². The number of halogens is 1. The summed E-state index contributed by atoms with van der Waals surface area (Å²) in [6.07, 6.45) is 7.48. The van der Waals surface area contributed by atoms with Crippen molar-refractivity contribution in [1.29, 1.82) is 0 Å². The van der Waals surface area contributed by atoms with E-state index in [2.05, 4.69) is 27.7 Å². The Kier molecular flexibility index (Phi) is 6.35. The molecule has 1 atom stereocenters. The SMILES string of the molecule is O=C1CC(c2nc3ccccc3n2CCCOc2ccccc2Cl)CN1C1CCCCC1. The summed E-state index contributed by atoms with van der Waals surface area (Å²) in [5.41, 5.74) is 2.13. The second kappa shape index (κ2) is 9.53. The van der Waals surface area contributed by atoms with Gasteiger partial charge in [-0.25, -0.2) is 4.98 Å². The Morgan fingerprint density at radius 3 is 2.66 bits per heavy atom. The zero-order valence-electron chi connectivity index (χ0n) is 18.4. The molecular formula is C26H30ClN3O2. The molecular weight excluding hydrogens is 422 g/mol. The first-order chi connectivity index (χ1) is 15.7. The number of amides is 1. The van der Waals surface area contributed by atoms with Crippen molar-refractivity contribution in [3.05, 3.63) is 59.4 Å². The quantitative estimate of drug-likeness (QED) is 0.426. The second-order valence-corrected chi connectivity index (χ2v) is 9.39. The number of hydrogen-bond donors (Lipinski definition) is 0. The highest BCUT2D eigenvalue weighted by Crippen LogP contribution is 2.34. The number of likely N-dealkylation sites (tertiary alicyclic amines) is 1. The van der Waals surface area contributed by atoms with E-state index in [1.54, 1.807) is 0 Å². The van der Waals surface area contributed by atoms with Crippen LogP contribution in [0.1, 0.15) is 56.7 Å². The second-order valence-electron chi connectivity index (χ2n) is 8.98. The molecule has 3 aromatic rings. The maximum atomic E-state index is 12.9. The summed E-state index contributed by atoms with van der Waals surface area (Å²) < 4.78 is 8.20. The average molecular weight is 452 g/mol. The molecule has 1 aromatic heterocycles. The number of rotatable bonds is 7. The summed E-state index contributed by atoms with van der Waals surface area (Å²) >= 11 is 6.21. The first-order valence-corrected chi connectivity index (χ1v) is 12.2. The van der Waals surface area contributed by atoms with Gasteiger partial charge >= 0.3 is 0 Å². The summed E-state index contributed by atoms with van der Waals surface area (Å²) in [5.74, 6) is 2.20. The highest BCUT2D eigenvalue weighted by Gasteiger charge is 2.37. The van der Waals surface area contributed by atoms with Gasteiger partial charge in [-0.15, -0.1) is 0 Å². The Balaban J connectivity index is 1.32. The van der Waals surface area contributed by atoms with E-state index in [4.69, 9.17) is 21.3 Å². The monoisotopic (exact) mass is 451 g/mol. The predicted molar refractivity (Wildman–Crippen MR) is 127 cm³/mol. The van der Waals surface area contributed by atoms with Crippen LogP contribution >= 0.6 is 11.6 Å². The minimum atomic E-state index is 0.154. The van der Waals surface area contributed by atoms with Crippen LogP contribution in [0.15, 0.2) is 48.5 Å². The molecule has 5 nitrogen and oxygen atoms in total. The van der Waals surface area contributed by atoms with E-state index in [0.717, 1.165) is 55.0 Å². The van der Waals surface area contributed by atoms with Crippen molar-refractivity contribution in [3.8, 4) is 5.75 Å². The summed E-state index contributed by atoms with van der Waals surface area (Å²) in [6.45, 7) is 2.17. The molecule has 6 heteroatoms. The van der Waals surface area contributed by atoms with Gasteiger partial charge in [0.1, 0.15) is 11.6 Å². The molecule has 1 unspecified atom stereocenters. The largest absolute Gasteiger partial charge is 0.492 e. The van der Waals surface area contributed by atoms with Crippen LogP contribution in [0.25, 0.3) is 11.0 Å². The Labute approximate surface area is 194 Å². The molecule has 2 aromatic carbocycles. The van der Waals surface area contributed by atoms with E-state index in [-0.39, 0.29) is 5.92 Å². The maximum Gasteiger partial charge on any atom is 0.223 e. The third kappa shape index (κ3) is 4.36. The lowest BCUT2D eigenvalue weighted by Crippen LogP contribution is -2.37. The molecule has 1 amide bonds. The number of ether oxygens (including phenoxy) is 1. The van der Waals surface area contributed by atoms with Crippen LogP contribution in [-0.2, 0) is 11.3 Å². The summed E-state index contributed by atoms with van der Waals surface area (Å²) in [6, 6.07) is 16.2. The van der Waals surface area contributed by atoms with Gasteiger partial charge in [-0.3, -0.25) is 4.79 Å². The molecule has 168 valence electrons. The van der Waals surface area contributed by atoms with E-state index in [0.29, 0.717) is 30.0 Å². The third-order valence-corrected chi connectivity index (χ3v) is 7.16. The Hall–Kier alpha value is -2.53. The van der Waals surface area contributed by atoms with Crippen molar-refractivity contribution >= 4 is 28.5 Å². The molecule has 1 aliphatic heterocycles. The minimum absolute atomic E-state index is 0.154. The number of fused-ring (bicyclic) bond motifs is 1. The third-order valence-electron chi connectivity index (χ3n) is 6.84. The molecule has 0 bridgehead atoms. The van der Waals surface area contributed by atoms with Crippen LogP contribution in [0.3, 0.4) is 0 Å². The van der Waals surface area contributed by atoms with Gasteiger partial charge in [0.15, 0.2) is 0 Å². The van der Waals surface area contributed by atoms with E-state index < -0.39 is 0 Å². The number of aryl methyl sites for hydroxylation is 1. The smallest absolute Gasteiger partial charge is 0.223 e. The molecule has 5 rings (SSSR count).